The standard InChI is InChI=1S/C24H29N3O5/c1-32-21-8-4-18(5-9-21)15-26-24(31)19-10-12-27(13-11-19)23(30)16-25-22(29)14-17-2-6-20(28)7-3-17/h2-9,19,28H,10-16H2,1H3,(H,25,29)(H,26,31). The molecule has 32 heavy (non-hydrogen) atoms. The van der Waals surface area contributed by atoms with E-state index in [1.54, 1.807) is 24.1 Å². The lowest BCUT2D eigenvalue weighted by Gasteiger charge is -2.31. The number of carbonyl (C=O) groups excluding carboxylic acids is 3. The van der Waals surface area contributed by atoms with E-state index in [1.807, 2.05) is 24.3 Å². The van der Waals surface area contributed by atoms with Gasteiger partial charge in [0.05, 0.1) is 20.1 Å². The molecule has 0 radical (unpaired) electrons. The van der Waals surface area contributed by atoms with E-state index in [4.69, 9.17) is 4.74 Å². The molecule has 0 atom stereocenters. The highest BCUT2D eigenvalue weighted by Crippen LogP contribution is 2.18. The highest BCUT2D eigenvalue weighted by molar-refractivity contribution is 5.86. The van der Waals surface area contributed by atoms with Gasteiger partial charge >= 0.3 is 0 Å². The monoisotopic (exact) mass is 439 g/mol. The maximum Gasteiger partial charge on any atom is 0.241 e. The van der Waals surface area contributed by atoms with Gasteiger partial charge in [0.1, 0.15) is 11.5 Å². The molecule has 2 aromatic carbocycles. The number of ether oxygens (including phenoxy) is 1. The zero-order valence-corrected chi connectivity index (χ0v) is 18.2. The van der Waals surface area contributed by atoms with Crippen molar-refractivity contribution in [2.45, 2.75) is 25.8 Å². The Kier molecular flexibility index (Phi) is 8.08. The van der Waals surface area contributed by atoms with Crippen LogP contribution < -0.4 is 15.4 Å². The highest BCUT2D eigenvalue weighted by atomic mass is 16.5. The summed E-state index contributed by atoms with van der Waals surface area (Å²) < 4.78 is 5.13. The van der Waals surface area contributed by atoms with Crippen molar-refractivity contribution < 1.29 is 24.2 Å². The smallest absolute Gasteiger partial charge is 0.241 e. The molecule has 1 aliphatic rings. The van der Waals surface area contributed by atoms with Crippen LogP contribution in [0.25, 0.3) is 0 Å². The van der Waals surface area contributed by atoms with E-state index in [9.17, 15) is 19.5 Å². The third kappa shape index (κ3) is 6.73. The van der Waals surface area contributed by atoms with Crippen molar-refractivity contribution in [2.24, 2.45) is 5.92 Å². The second-order valence-electron chi connectivity index (χ2n) is 7.84. The summed E-state index contributed by atoms with van der Waals surface area (Å²) in [6.07, 6.45) is 1.34. The van der Waals surface area contributed by atoms with Gasteiger partial charge in [-0.05, 0) is 48.2 Å². The SMILES string of the molecule is COc1ccc(CNC(=O)C2CCN(C(=O)CNC(=O)Cc3ccc(O)cc3)CC2)cc1. The number of hydrogen-bond donors (Lipinski definition) is 3. The fourth-order valence-corrected chi connectivity index (χ4v) is 3.62. The molecule has 1 fully saturated rings. The van der Waals surface area contributed by atoms with E-state index in [0.717, 1.165) is 16.9 Å². The Bertz CT molecular complexity index is 920. The van der Waals surface area contributed by atoms with E-state index in [-0.39, 0.29) is 42.4 Å². The van der Waals surface area contributed by atoms with E-state index < -0.39 is 0 Å². The lowest BCUT2D eigenvalue weighted by molar-refractivity contribution is -0.136. The van der Waals surface area contributed by atoms with Gasteiger partial charge in [0.15, 0.2) is 0 Å². The van der Waals surface area contributed by atoms with Gasteiger partial charge in [-0.2, -0.15) is 0 Å². The second-order valence-corrected chi connectivity index (χ2v) is 7.84. The summed E-state index contributed by atoms with van der Waals surface area (Å²) in [6.45, 7) is 1.38. The third-order valence-corrected chi connectivity index (χ3v) is 5.58. The van der Waals surface area contributed by atoms with Crippen molar-refractivity contribution in [3.63, 3.8) is 0 Å². The molecule has 0 aromatic heterocycles. The number of piperidine rings is 1. The Balaban J connectivity index is 1.35. The maximum absolute atomic E-state index is 12.5. The first kappa shape index (κ1) is 23.1. The lowest BCUT2D eigenvalue weighted by atomic mass is 9.95. The highest BCUT2D eigenvalue weighted by Gasteiger charge is 2.27. The van der Waals surface area contributed by atoms with Crippen LogP contribution in [0.4, 0.5) is 0 Å². The first-order chi connectivity index (χ1) is 15.4. The summed E-state index contributed by atoms with van der Waals surface area (Å²) in [5.74, 6) is 0.380. The number of benzene rings is 2. The Morgan fingerprint density at radius 3 is 2.22 bits per heavy atom. The minimum atomic E-state index is -0.253. The molecule has 1 aliphatic heterocycles. The van der Waals surface area contributed by atoms with Crippen molar-refractivity contribution >= 4 is 17.7 Å². The normalized spacial score (nSPS) is 14.0. The predicted molar refractivity (Wildman–Crippen MR) is 119 cm³/mol. The van der Waals surface area contributed by atoms with Gasteiger partial charge in [0.2, 0.25) is 17.7 Å². The van der Waals surface area contributed by atoms with Gasteiger partial charge in [-0.15, -0.1) is 0 Å². The molecule has 8 heteroatoms. The van der Waals surface area contributed by atoms with Crippen LogP contribution in [0.3, 0.4) is 0 Å². The van der Waals surface area contributed by atoms with Crippen LogP contribution in [-0.4, -0.2) is 54.5 Å². The second kappa shape index (κ2) is 11.2. The van der Waals surface area contributed by atoms with Crippen molar-refractivity contribution in [2.75, 3.05) is 26.7 Å². The van der Waals surface area contributed by atoms with Crippen LogP contribution in [0.15, 0.2) is 48.5 Å². The Morgan fingerprint density at radius 2 is 1.59 bits per heavy atom. The van der Waals surface area contributed by atoms with Gasteiger partial charge < -0.3 is 25.4 Å². The van der Waals surface area contributed by atoms with Gasteiger partial charge in [-0.25, -0.2) is 0 Å². The van der Waals surface area contributed by atoms with Crippen LogP contribution >= 0.6 is 0 Å². The summed E-state index contributed by atoms with van der Waals surface area (Å²) in [5.41, 5.74) is 1.75. The summed E-state index contributed by atoms with van der Waals surface area (Å²) in [6, 6.07) is 13.9. The molecule has 1 heterocycles. The number of phenols is 1. The van der Waals surface area contributed by atoms with Crippen molar-refractivity contribution in [3.8, 4) is 11.5 Å². The fourth-order valence-electron chi connectivity index (χ4n) is 3.62. The fraction of sp³-hybridized carbons (Fsp3) is 0.375. The minimum Gasteiger partial charge on any atom is -0.508 e. The molecule has 2 aromatic rings. The van der Waals surface area contributed by atoms with Gasteiger partial charge in [-0.3, -0.25) is 14.4 Å². The van der Waals surface area contributed by atoms with E-state index in [0.29, 0.717) is 32.5 Å². The molecule has 3 rings (SSSR count). The molecule has 0 aliphatic carbocycles. The average Bonchev–Trinajstić information content (AvgIpc) is 2.83. The molecule has 3 amide bonds. The number of carbonyl (C=O) groups is 3. The zero-order valence-electron chi connectivity index (χ0n) is 18.2. The average molecular weight is 440 g/mol. The number of likely N-dealkylation sites (tertiary alicyclic amines) is 1. The molecule has 8 nitrogen and oxygen atoms in total. The lowest BCUT2D eigenvalue weighted by Crippen LogP contribution is -2.46. The minimum absolute atomic E-state index is 0.00452. The molecule has 1 saturated heterocycles. The number of nitrogens with zero attached hydrogens (tertiary/aromatic N) is 1. The van der Waals surface area contributed by atoms with Gasteiger partial charge in [0.25, 0.3) is 0 Å². The van der Waals surface area contributed by atoms with Crippen molar-refractivity contribution in [1.29, 1.82) is 0 Å². The number of phenolic OH excluding ortho intramolecular Hbond substituents is 1. The van der Waals surface area contributed by atoms with Crippen LogP contribution in [0.5, 0.6) is 11.5 Å². The van der Waals surface area contributed by atoms with Crippen molar-refractivity contribution in [1.82, 2.24) is 15.5 Å². The topological polar surface area (TPSA) is 108 Å². The quantitative estimate of drug-likeness (QED) is 0.579. The van der Waals surface area contributed by atoms with Crippen LogP contribution in [0.2, 0.25) is 0 Å². The molecule has 170 valence electrons. The summed E-state index contributed by atoms with van der Waals surface area (Å²) in [7, 11) is 1.61. The first-order valence-electron chi connectivity index (χ1n) is 10.7. The van der Waals surface area contributed by atoms with E-state index >= 15 is 0 Å². The number of hydrogen-bond acceptors (Lipinski definition) is 5. The molecule has 0 saturated carbocycles. The van der Waals surface area contributed by atoms with Gasteiger partial charge in [0, 0.05) is 25.6 Å². The number of amides is 3. The molecular weight excluding hydrogens is 410 g/mol. The molecule has 0 unspecified atom stereocenters. The molecule has 3 N–H and O–H groups in total. The van der Waals surface area contributed by atoms with Crippen LogP contribution in [-0.2, 0) is 27.3 Å². The van der Waals surface area contributed by atoms with E-state index in [2.05, 4.69) is 10.6 Å². The number of nitrogens with one attached hydrogen (secondary N) is 2. The third-order valence-electron chi connectivity index (χ3n) is 5.58. The largest absolute Gasteiger partial charge is 0.508 e. The number of aromatic hydroxyl groups is 1. The maximum atomic E-state index is 12.5. The summed E-state index contributed by atoms with van der Waals surface area (Å²) >= 11 is 0. The predicted octanol–water partition coefficient (Wildman–Crippen LogP) is 1.61. The van der Waals surface area contributed by atoms with Crippen LogP contribution in [0.1, 0.15) is 24.0 Å². The molecular formula is C24H29N3O5. The summed E-state index contributed by atoms with van der Waals surface area (Å²) in [5, 5.41) is 14.9. The van der Waals surface area contributed by atoms with E-state index in [1.165, 1.54) is 12.1 Å². The Hall–Kier alpha value is -3.55. The zero-order chi connectivity index (χ0) is 22.9. The van der Waals surface area contributed by atoms with Crippen LogP contribution in [0, 0.1) is 5.92 Å². The molecule has 0 bridgehead atoms. The number of methoxy groups -OCH3 is 1. The Morgan fingerprint density at radius 1 is 0.969 bits per heavy atom. The molecule has 0 spiro atoms. The van der Waals surface area contributed by atoms with Crippen molar-refractivity contribution in [3.05, 3.63) is 59.7 Å². The Labute approximate surface area is 187 Å². The van der Waals surface area contributed by atoms with Gasteiger partial charge in [-0.1, -0.05) is 24.3 Å². The summed E-state index contributed by atoms with van der Waals surface area (Å²) in [4.78, 5) is 38.6. The number of rotatable bonds is 8. The first-order valence-corrected chi connectivity index (χ1v) is 10.7.